The van der Waals surface area contributed by atoms with Crippen molar-refractivity contribution in [3.63, 3.8) is 0 Å². The molecule has 1 aromatic heterocycles. The molecule has 1 heterocycles. The molecule has 2 amide bonds. The molecular weight excluding hydrogens is 388 g/mol. The number of carbonyl (C=O) groups excluding carboxylic acids is 1. The van der Waals surface area contributed by atoms with Crippen molar-refractivity contribution in [3.8, 4) is 0 Å². The largest absolute Gasteiger partial charge is 0.334 e. The molecule has 3 rings (SSSR count). The van der Waals surface area contributed by atoms with Crippen molar-refractivity contribution in [2.45, 2.75) is 25.3 Å². The molecule has 0 fully saturated rings. The molecule has 150 valence electrons. The standard InChI is InChI=1S/C21H22N4O3S/c1-15-10-16(2)12-19(11-15)25-29(27,28)20-7-5-18(6-8-20)24-21(26)23-14-17-4-3-9-22-13-17/h3-13,25H,14H2,1-2H3,(H2,23,24,26). The van der Waals surface area contributed by atoms with Crippen LogP contribution < -0.4 is 15.4 Å². The van der Waals surface area contributed by atoms with Gasteiger partial charge in [-0.15, -0.1) is 0 Å². The second-order valence-corrected chi connectivity index (χ2v) is 8.36. The van der Waals surface area contributed by atoms with Crippen LogP contribution in [0.1, 0.15) is 16.7 Å². The number of nitrogens with zero attached hydrogens (tertiary/aromatic N) is 1. The van der Waals surface area contributed by atoms with E-state index in [0.717, 1.165) is 16.7 Å². The van der Waals surface area contributed by atoms with E-state index in [4.69, 9.17) is 0 Å². The van der Waals surface area contributed by atoms with Gasteiger partial charge in [0.05, 0.1) is 4.90 Å². The lowest BCUT2D eigenvalue weighted by Crippen LogP contribution is -2.28. The molecule has 0 aliphatic heterocycles. The van der Waals surface area contributed by atoms with Gasteiger partial charge in [-0.25, -0.2) is 13.2 Å². The summed E-state index contributed by atoms with van der Waals surface area (Å²) in [5.41, 5.74) is 3.82. The number of aryl methyl sites for hydroxylation is 2. The maximum absolute atomic E-state index is 12.6. The first-order valence-electron chi connectivity index (χ1n) is 8.97. The lowest BCUT2D eigenvalue weighted by atomic mass is 10.1. The van der Waals surface area contributed by atoms with Crippen LogP contribution in [0.2, 0.25) is 0 Å². The van der Waals surface area contributed by atoms with Gasteiger partial charge in [0, 0.05) is 30.3 Å². The Morgan fingerprint density at radius 3 is 2.28 bits per heavy atom. The molecule has 0 atom stereocenters. The van der Waals surface area contributed by atoms with Crippen LogP contribution in [0.25, 0.3) is 0 Å². The number of carbonyl (C=O) groups is 1. The molecular formula is C21H22N4O3S. The molecule has 0 saturated carbocycles. The number of hydrogen-bond acceptors (Lipinski definition) is 4. The highest BCUT2D eigenvalue weighted by Crippen LogP contribution is 2.20. The Morgan fingerprint density at radius 1 is 0.966 bits per heavy atom. The number of rotatable bonds is 6. The van der Waals surface area contributed by atoms with Crippen LogP contribution in [0.3, 0.4) is 0 Å². The van der Waals surface area contributed by atoms with Gasteiger partial charge in [-0.05, 0) is 73.0 Å². The normalized spacial score (nSPS) is 11.0. The number of aromatic nitrogens is 1. The van der Waals surface area contributed by atoms with E-state index in [9.17, 15) is 13.2 Å². The molecule has 2 aromatic carbocycles. The molecule has 0 radical (unpaired) electrons. The third-order valence-electron chi connectivity index (χ3n) is 4.07. The van der Waals surface area contributed by atoms with Gasteiger partial charge >= 0.3 is 6.03 Å². The highest BCUT2D eigenvalue weighted by molar-refractivity contribution is 7.92. The van der Waals surface area contributed by atoms with Crippen molar-refractivity contribution in [3.05, 3.63) is 83.7 Å². The fraction of sp³-hybridized carbons (Fsp3) is 0.143. The first-order valence-corrected chi connectivity index (χ1v) is 10.4. The summed E-state index contributed by atoms with van der Waals surface area (Å²) in [6, 6.07) is 14.7. The van der Waals surface area contributed by atoms with E-state index in [2.05, 4.69) is 20.3 Å². The number of pyridine rings is 1. The Balaban J connectivity index is 1.62. The van der Waals surface area contributed by atoms with Gasteiger partial charge in [0.15, 0.2) is 0 Å². The highest BCUT2D eigenvalue weighted by Gasteiger charge is 2.14. The van der Waals surface area contributed by atoms with Gasteiger partial charge in [0.25, 0.3) is 10.0 Å². The first kappa shape index (κ1) is 20.3. The highest BCUT2D eigenvalue weighted by atomic mass is 32.2. The molecule has 29 heavy (non-hydrogen) atoms. The summed E-state index contributed by atoms with van der Waals surface area (Å²) in [6.07, 6.45) is 3.33. The number of amides is 2. The topological polar surface area (TPSA) is 100 Å². The molecule has 0 bridgehead atoms. The maximum atomic E-state index is 12.6. The second-order valence-electron chi connectivity index (χ2n) is 6.68. The van der Waals surface area contributed by atoms with E-state index in [1.807, 2.05) is 26.0 Å². The van der Waals surface area contributed by atoms with E-state index >= 15 is 0 Å². The monoisotopic (exact) mass is 410 g/mol. The van der Waals surface area contributed by atoms with Gasteiger partial charge in [-0.3, -0.25) is 9.71 Å². The molecule has 0 spiro atoms. The fourth-order valence-corrected chi connectivity index (χ4v) is 3.87. The minimum Gasteiger partial charge on any atom is -0.334 e. The zero-order valence-electron chi connectivity index (χ0n) is 16.1. The Hall–Kier alpha value is -3.39. The number of anilines is 2. The van der Waals surface area contributed by atoms with Gasteiger partial charge in [-0.2, -0.15) is 0 Å². The molecule has 0 aliphatic carbocycles. The minimum absolute atomic E-state index is 0.109. The predicted molar refractivity (Wildman–Crippen MR) is 113 cm³/mol. The van der Waals surface area contributed by atoms with Crippen LogP contribution in [0.5, 0.6) is 0 Å². The van der Waals surface area contributed by atoms with Crippen molar-refractivity contribution in [1.82, 2.24) is 10.3 Å². The number of urea groups is 1. The van der Waals surface area contributed by atoms with E-state index in [1.54, 1.807) is 42.7 Å². The van der Waals surface area contributed by atoms with E-state index in [0.29, 0.717) is 17.9 Å². The number of hydrogen-bond donors (Lipinski definition) is 3. The molecule has 7 nitrogen and oxygen atoms in total. The molecule has 3 aromatic rings. The summed E-state index contributed by atoms with van der Waals surface area (Å²) in [7, 11) is -3.72. The summed E-state index contributed by atoms with van der Waals surface area (Å²) >= 11 is 0. The van der Waals surface area contributed by atoms with Crippen LogP contribution in [-0.2, 0) is 16.6 Å². The van der Waals surface area contributed by atoms with Crippen molar-refractivity contribution < 1.29 is 13.2 Å². The van der Waals surface area contributed by atoms with Crippen LogP contribution in [-0.4, -0.2) is 19.4 Å². The Morgan fingerprint density at radius 2 is 1.66 bits per heavy atom. The fourth-order valence-electron chi connectivity index (χ4n) is 2.83. The van der Waals surface area contributed by atoms with E-state index in [1.165, 1.54) is 12.1 Å². The molecule has 3 N–H and O–H groups in total. The number of benzene rings is 2. The van der Waals surface area contributed by atoms with Crippen molar-refractivity contribution >= 4 is 27.4 Å². The lowest BCUT2D eigenvalue weighted by Gasteiger charge is -2.11. The summed E-state index contributed by atoms with van der Waals surface area (Å²) in [6.45, 7) is 4.15. The van der Waals surface area contributed by atoms with Crippen LogP contribution in [0, 0.1) is 13.8 Å². The molecule has 8 heteroatoms. The van der Waals surface area contributed by atoms with Gasteiger partial charge in [0.2, 0.25) is 0 Å². The second kappa shape index (κ2) is 8.74. The quantitative estimate of drug-likeness (QED) is 0.575. The van der Waals surface area contributed by atoms with Crippen LogP contribution in [0.15, 0.2) is 71.9 Å². The predicted octanol–water partition coefficient (Wildman–Crippen LogP) is 3.82. The Labute approximate surface area is 170 Å². The minimum atomic E-state index is -3.72. The Bertz CT molecular complexity index is 1080. The van der Waals surface area contributed by atoms with Crippen LogP contribution in [0.4, 0.5) is 16.2 Å². The van der Waals surface area contributed by atoms with Crippen molar-refractivity contribution in [1.29, 1.82) is 0 Å². The third-order valence-corrected chi connectivity index (χ3v) is 5.47. The smallest absolute Gasteiger partial charge is 0.319 e. The third kappa shape index (κ3) is 5.79. The van der Waals surface area contributed by atoms with Crippen molar-refractivity contribution in [2.24, 2.45) is 0 Å². The van der Waals surface area contributed by atoms with E-state index in [-0.39, 0.29) is 4.90 Å². The van der Waals surface area contributed by atoms with Crippen LogP contribution >= 0.6 is 0 Å². The van der Waals surface area contributed by atoms with E-state index < -0.39 is 16.1 Å². The summed E-state index contributed by atoms with van der Waals surface area (Å²) in [5, 5.41) is 5.38. The average Bonchev–Trinajstić information content (AvgIpc) is 2.66. The molecule has 0 unspecified atom stereocenters. The zero-order chi connectivity index (χ0) is 20.9. The molecule has 0 saturated heterocycles. The first-order chi connectivity index (χ1) is 13.8. The van der Waals surface area contributed by atoms with Crippen molar-refractivity contribution in [2.75, 3.05) is 10.0 Å². The number of sulfonamides is 1. The average molecular weight is 410 g/mol. The maximum Gasteiger partial charge on any atom is 0.319 e. The summed E-state index contributed by atoms with van der Waals surface area (Å²) in [4.78, 5) is 16.1. The van der Waals surface area contributed by atoms with Gasteiger partial charge in [-0.1, -0.05) is 12.1 Å². The Kier molecular flexibility index (Phi) is 6.13. The molecule has 0 aliphatic rings. The van der Waals surface area contributed by atoms with Gasteiger partial charge < -0.3 is 10.6 Å². The summed E-state index contributed by atoms with van der Waals surface area (Å²) < 4.78 is 27.8. The summed E-state index contributed by atoms with van der Waals surface area (Å²) in [5.74, 6) is 0. The van der Waals surface area contributed by atoms with Gasteiger partial charge in [0.1, 0.15) is 0 Å². The lowest BCUT2D eigenvalue weighted by molar-refractivity contribution is 0.251. The SMILES string of the molecule is Cc1cc(C)cc(NS(=O)(=O)c2ccc(NC(=O)NCc3cccnc3)cc2)c1. The zero-order valence-corrected chi connectivity index (χ0v) is 17.0. The number of nitrogens with one attached hydrogen (secondary N) is 3.